The van der Waals surface area contributed by atoms with Crippen LogP contribution in [0, 0.1) is 11.6 Å². The van der Waals surface area contributed by atoms with Crippen LogP contribution in [0.15, 0.2) is 47.5 Å². The number of fused-ring (bicyclic) bond motifs is 1. The normalized spacial score (nSPS) is 11.8. The number of nitrogens with two attached hydrogens (primary N) is 1. The standard InChI is InChI=1S/C21H19F2N5O3/c1-21(2,30)10-31-11-6-7-15(25-8-11)12-9-28(18-13(22)4-3-5-14(18)23)20(29)16-17(12)26-27-19(16)24/h3-9,30H,10H2,1-2H3,(H3,24,26,27). The van der Waals surface area contributed by atoms with Crippen molar-refractivity contribution < 1.29 is 18.6 Å². The van der Waals surface area contributed by atoms with E-state index >= 15 is 0 Å². The van der Waals surface area contributed by atoms with E-state index in [4.69, 9.17) is 10.5 Å². The van der Waals surface area contributed by atoms with Gasteiger partial charge in [0.05, 0.1) is 23.0 Å². The van der Waals surface area contributed by atoms with Crippen molar-refractivity contribution >= 4 is 16.7 Å². The molecule has 160 valence electrons. The average molecular weight is 427 g/mol. The third-order valence-corrected chi connectivity index (χ3v) is 4.54. The van der Waals surface area contributed by atoms with Crippen molar-refractivity contribution in [2.45, 2.75) is 19.4 Å². The third kappa shape index (κ3) is 3.84. The van der Waals surface area contributed by atoms with Crippen LogP contribution >= 0.6 is 0 Å². The molecule has 3 aromatic heterocycles. The Kier molecular flexibility index (Phi) is 4.94. The number of hydrogen-bond donors (Lipinski definition) is 3. The summed E-state index contributed by atoms with van der Waals surface area (Å²) in [7, 11) is 0. The van der Waals surface area contributed by atoms with Crippen molar-refractivity contribution in [2.24, 2.45) is 0 Å². The highest BCUT2D eigenvalue weighted by Gasteiger charge is 2.21. The monoisotopic (exact) mass is 427 g/mol. The Hall–Kier alpha value is -3.79. The van der Waals surface area contributed by atoms with E-state index in [2.05, 4.69) is 15.2 Å². The number of benzene rings is 1. The van der Waals surface area contributed by atoms with E-state index in [9.17, 15) is 18.7 Å². The smallest absolute Gasteiger partial charge is 0.268 e. The summed E-state index contributed by atoms with van der Waals surface area (Å²) in [5, 5.41) is 16.3. The van der Waals surface area contributed by atoms with Crippen LogP contribution in [0.4, 0.5) is 14.6 Å². The highest BCUT2D eigenvalue weighted by molar-refractivity contribution is 5.97. The molecule has 4 N–H and O–H groups in total. The summed E-state index contributed by atoms with van der Waals surface area (Å²) in [6.45, 7) is 3.28. The zero-order valence-corrected chi connectivity index (χ0v) is 16.7. The number of nitrogens with zero attached hydrogens (tertiary/aromatic N) is 3. The second-order valence-electron chi connectivity index (χ2n) is 7.63. The number of H-pyrrole nitrogens is 1. The molecule has 31 heavy (non-hydrogen) atoms. The van der Waals surface area contributed by atoms with Gasteiger partial charge < -0.3 is 15.6 Å². The summed E-state index contributed by atoms with van der Waals surface area (Å²) in [6, 6.07) is 6.55. The fourth-order valence-corrected chi connectivity index (χ4v) is 3.10. The van der Waals surface area contributed by atoms with E-state index < -0.39 is 28.5 Å². The number of anilines is 1. The predicted molar refractivity (Wildman–Crippen MR) is 111 cm³/mol. The molecule has 0 aliphatic carbocycles. The lowest BCUT2D eigenvalue weighted by molar-refractivity contribution is 0.0284. The van der Waals surface area contributed by atoms with Gasteiger partial charge in [0.15, 0.2) is 5.82 Å². The number of nitrogens with one attached hydrogen (secondary N) is 1. The highest BCUT2D eigenvalue weighted by Crippen LogP contribution is 2.29. The van der Waals surface area contributed by atoms with Crippen LogP contribution < -0.4 is 16.0 Å². The van der Waals surface area contributed by atoms with Crippen molar-refractivity contribution in [1.29, 1.82) is 0 Å². The molecule has 0 bridgehead atoms. The lowest BCUT2D eigenvalue weighted by Crippen LogP contribution is -2.27. The molecule has 3 heterocycles. The minimum absolute atomic E-state index is 0.00990. The van der Waals surface area contributed by atoms with Crippen LogP contribution in [-0.2, 0) is 0 Å². The summed E-state index contributed by atoms with van der Waals surface area (Å²) in [5.41, 5.74) is 4.60. The Morgan fingerprint density at radius 2 is 1.94 bits per heavy atom. The first-order valence-electron chi connectivity index (χ1n) is 9.31. The van der Waals surface area contributed by atoms with E-state index in [1.165, 1.54) is 18.5 Å². The first-order valence-corrected chi connectivity index (χ1v) is 9.31. The Bertz CT molecular complexity index is 1300. The van der Waals surface area contributed by atoms with E-state index in [1.807, 2.05) is 0 Å². The highest BCUT2D eigenvalue weighted by atomic mass is 19.1. The average Bonchev–Trinajstić information content (AvgIpc) is 3.10. The number of aliphatic hydroxyl groups is 1. The van der Waals surface area contributed by atoms with Crippen LogP contribution in [0.5, 0.6) is 5.75 Å². The SMILES string of the molecule is CC(C)(O)COc1ccc(-c2cn(-c3c(F)cccc3F)c(=O)c3c(N)n[nH]c23)nc1. The van der Waals surface area contributed by atoms with Crippen molar-refractivity contribution in [1.82, 2.24) is 19.7 Å². The van der Waals surface area contributed by atoms with Crippen molar-refractivity contribution in [3.05, 3.63) is 64.7 Å². The summed E-state index contributed by atoms with van der Waals surface area (Å²) in [5.74, 6) is -1.49. The fraction of sp³-hybridized carbons (Fsp3) is 0.190. The molecule has 10 heteroatoms. The Labute approximate surface area is 174 Å². The number of nitrogen functional groups attached to an aromatic ring is 1. The first-order chi connectivity index (χ1) is 14.7. The van der Waals surface area contributed by atoms with Crippen LogP contribution in [-0.4, -0.2) is 37.1 Å². The van der Waals surface area contributed by atoms with Crippen molar-refractivity contribution in [3.63, 3.8) is 0 Å². The summed E-state index contributed by atoms with van der Waals surface area (Å²) in [4.78, 5) is 17.3. The van der Waals surface area contributed by atoms with Gasteiger partial charge in [-0.1, -0.05) is 6.07 Å². The number of rotatable bonds is 5. The zero-order valence-electron chi connectivity index (χ0n) is 16.7. The van der Waals surface area contributed by atoms with E-state index in [-0.39, 0.29) is 23.3 Å². The van der Waals surface area contributed by atoms with Crippen LogP contribution in [0.3, 0.4) is 0 Å². The molecule has 1 aromatic carbocycles. The number of para-hydroxylation sites is 1. The maximum atomic E-state index is 14.4. The summed E-state index contributed by atoms with van der Waals surface area (Å²) < 4.78 is 35.2. The van der Waals surface area contributed by atoms with Gasteiger partial charge in [-0.2, -0.15) is 5.10 Å². The van der Waals surface area contributed by atoms with E-state index in [1.54, 1.807) is 26.0 Å². The number of aromatic nitrogens is 4. The van der Waals surface area contributed by atoms with Gasteiger partial charge in [0, 0.05) is 11.8 Å². The van der Waals surface area contributed by atoms with Gasteiger partial charge in [0.1, 0.15) is 35.1 Å². The predicted octanol–water partition coefficient (Wildman–Crippen LogP) is 2.79. The lowest BCUT2D eigenvalue weighted by atomic mass is 10.1. The van der Waals surface area contributed by atoms with Crippen LogP contribution in [0.1, 0.15) is 13.8 Å². The van der Waals surface area contributed by atoms with Gasteiger partial charge >= 0.3 is 0 Å². The molecule has 0 spiro atoms. The second kappa shape index (κ2) is 7.47. The third-order valence-electron chi connectivity index (χ3n) is 4.54. The number of aromatic amines is 1. The second-order valence-corrected chi connectivity index (χ2v) is 7.63. The summed E-state index contributed by atoms with van der Waals surface area (Å²) >= 11 is 0. The zero-order chi connectivity index (χ0) is 22.3. The van der Waals surface area contributed by atoms with Gasteiger partial charge in [-0.15, -0.1) is 0 Å². The molecule has 0 amide bonds. The van der Waals surface area contributed by atoms with Crippen LogP contribution in [0.25, 0.3) is 27.8 Å². The molecular formula is C21H19F2N5O3. The molecule has 8 nitrogen and oxygen atoms in total. The minimum Gasteiger partial charge on any atom is -0.489 e. The molecule has 0 unspecified atom stereocenters. The van der Waals surface area contributed by atoms with Crippen molar-refractivity contribution in [3.8, 4) is 22.7 Å². The Morgan fingerprint density at radius 1 is 1.23 bits per heavy atom. The lowest BCUT2D eigenvalue weighted by Gasteiger charge is -2.17. The van der Waals surface area contributed by atoms with Gasteiger partial charge in [-0.05, 0) is 38.1 Å². The molecule has 0 aliphatic heterocycles. The molecule has 4 rings (SSSR count). The summed E-state index contributed by atoms with van der Waals surface area (Å²) in [6.07, 6.45) is 2.72. The molecule has 0 fully saturated rings. The van der Waals surface area contributed by atoms with Crippen molar-refractivity contribution in [2.75, 3.05) is 12.3 Å². The Morgan fingerprint density at radius 3 is 2.55 bits per heavy atom. The quantitative estimate of drug-likeness (QED) is 0.451. The molecular weight excluding hydrogens is 408 g/mol. The van der Waals surface area contributed by atoms with Crippen LogP contribution in [0.2, 0.25) is 0 Å². The maximum absolute atomic E-state index is 14.4. The van der Waals surface area contributed by atoms with Gasteiger partial charge in [0.2, 0.25) is 0 Å². The number of halogens is 2. The van der Waals surface area contributed by atoms with E-state index in [0.29, 0.717) is 17.0 Å². The van der Waals surface area contributed by atoms with Gasteiger partial charge in [-0.25, -0.2) is 8.78 Å². The van der Waals surface area contributed by atoms with E-state index in [0.717, 1.165) is 16.7 Å². The number of ether oxygens (including phenoxy) is 1. The number of hydrogen-bond acceptors (Lipinski definition) is 6. The van der Waals surface area contributed by atoms with Gasteiger partial charge in [0.25, 0.3) is 5.56 Å². The minimum atomic E-state index is -1.02. The molecule has 0 radical (unpaired) electrons. The molecule has 0 atom stereocenters. The molecule has 0 aliphatic rings. The fourth-order valence-electron chi connectivity index (χ4n) is 3.10. The molecule has 4 aromatic rings. The largest absolute Gasteiger partial charge is 0.489 e. The first kappa shape index (κ1) is 20.5. The number of pyridine rings is 2. The Balaban J connectivity index is 1.87. The van der Waals surface area contributed by atoms with Gasteiger partial charge in [-0.3, -0.25) is 19.4 Å². The molecule has 0 saturated carbocycles. The molecule has 0 saturated heterocycles. The maximum Gasteiger partial charge on any atom is 0.268 e. The topological polar surface area (TPSA) is 119 Å².